The molecule has 0 aliphatic rings. The SMILES string of the molecule is Cc1ccc(S(=O)(=O)N(CC(=O)N(Cc2cccc(C)c2)C(Cc2ccccc2)C(=O)NCC(C)C)c2cccc(Cl)c2Cl)cc1. The number of anilines is 1. The van der Waals surface area contributed by atoms with Crippen molar-refractivity contribution in [3.63, 3.8) is 0 Å². The molecular weight excluding hydrogens is 641 g/mol. The minimum atomic E-state index is -4.30. The molecule has 0 saturated carbocycles. The third-order valence-electron chi connectivity index (χ3n) is 7.48. The fourth-order valence-electron chi connectivity index (χ4n) is 5.02. The molecule has 0 radical (unpaired) electrons. The van der Waals surface area contributed by atoms with Crippen molar-refractivity contribution in [3.05, 3.63) is 129 Å². The predicted molar refractivity (Wildman–Crippen MR) is 186 cm³/mol. The fraction of sp³-hybridized carbons (Fsp3) is 0.278. The van der Waals surface area contributed by atoms with Crippen molar-refractivity contribution in [2.75, 3.05) is 17.4 Å². The number of carbonyl (C=O) groups excluding carboxylic acids is 2. The number of carbonyl (C=O) groups is 2. The van der Waals surface area contributed by atoms with Crippen LogP contribution in [0.2, 0.25) is 10.0 Å². The lowest BCUT2D eigenvalue weighted by Crippen LogP contribution is -2.53. The normalized spacial score (nSPS) is 12.1. The van der Waals surface area contributed by atoms with Crippen LogP contribution in [0, 0.1) is 19.8 Å². The number of benzene rings is 4. The van der Waals surface area contributed by atoms with Gasteiger partial charge in [-0.3, -0.25) is 13.9 Å². The number of aryl methyl sites for hydroxylation is 2. The van der Waals surface area contributed by atoms with Gasteiger partial charge in [-0.15, -0.1) is 0 Å². The van der Waals surface area contributed by atoms with Crippen molar-refractivity contribution < 1.29 is 18.0 Å². The zero-order valence-electron chi connectivity index (χ0n) is 26.4. The van der Waals surface area contributed by atoms with E-state index in [0.29, 0.717) is 6.54 Å². The maximum absolute atomic E-state index is 14.6. The van der Waals surface area contributed by atoms with Crippen molar-refractivity contribution in [2.45, 2.75) is 51.6 Å². The summed E-state index contributed by atoms with van der Waals surface area (Å²) in [7, 11) is -4.30. The molecule has 0 heterocycles. The van der Waals surface area contributed by atoms with Crippen LogP contribution in [0.1, 0.15) is 36.1 Å². The van der Waals surface area contributed by atoms with Crippen LogP contribution in [0.4, 0.5) is 5.69 Å². The second kappa shape index (κ2) is 15.6. The topological polar surface area (TPSA) is 86.8 Å². The van der Waals surface area contributed by atoms with E-state index in [0.717, 1.165) is 26.6 Å². The average Bonchev–Trinajstić information content (AvgIpc) is 3.02. The first-order valence-corrected chi connectivity index (χ1v) is 17.3. The number of sulfonamides is 1. The van der Waals surface area contributed by atoms with Crippen LogP contribution in [0.25, 0.3) is 0 Å². The van der Waals surface area contributed by atoms with Gasteiger partial charge in [0.25, 0.3) is 10.0 Å². The Morgan fingerprint density at radius 3 is 2.11 bits per heavy atom. The maximum Gasteiger partial charge on any atom is 0.264 e. The number of amides is 2. The van der Waals surface area contributed by atoms with E-state index < -0.39 is 28.5 Å². The Bertz CT molecular complexity index is 1760. The van der Waals surface area contributed by atoms with E-state index in [2.05, 4.69) is 5.32 Å². The molecule has 4 aromatic rings. The van der Waals surface area contributed by atoms with E-state index in [1.54, 1.807) is 24.3 Å². The summed E-state index contributed by atoms with van der Waals surface area (Å²) in [5, 5.41) is 3.13. The molecule has 7 nitrogen and oxygen atoms in total. The summed E-state index contributed by atoms with van der Waals surface area (Å²) in [4.78, 5) is 29.9. The second-order valence-electron chi connectivity index (χ2n) is 11.8. The van der Waals surface area contributed by atoms with Crippen LogP contribution in [-0.4, -0.2) is 44.3 Å². The highest BCUT2D eigenvalue weighted by atomic mass is 35.5. The molecule has 2 amide bonds. The van der Waals surface area contributed by atoms with Gasteiger partial charge in [0.2, 0.25) is 11.8 Å². The number of rotatable bonds is 13. The van der Waals surface area contributed by atoms with Gasteiger partial charge in [-0.05, 0) is 55.2 Å². The van der Waals surface area contributed by atoms with E-state index in [-0.39, 0.29) is 45.4 Å². The highest BCUT2D eigenvalue weighted by molar-refractivity contribution is 7.92. The third-order valence-corrected chi connectivity index (χ3v) is 10.1. The molecular formula is C36H39Cl2N3O4S. The lowest BCUT2D eigenvalue weighted by atomic mass is 10.0. The Morgan fingerprint density at radius 2 is 1.46 bits per heavy atom. The number of nitrogens with zero attached hydrogens (tertiary/aromatic N) is 2. The van der Waals surface area contributed by atoms with Gasteiger partial charge in [-0.25, -0.2) is 8.42 Å². The van der Waals surface area contributed by atoms with E-state index in [4.69, 9.17) is 23.2 Å². The summed E-state index contributed by atoms with van der Waals surface area (Å²) >= 11 is 12.9. The summed E-state index contributed by atoms with van der Waals surface area (Å²) in [5.41, 5.74) is 3.58. The van der Waals surface area contributed by atoms with Gasteiger partial charge in [-0.2, -0.15) is 0 Å². The summed E-state index contributed by atoms with van der Waals surface area (Å²) in [5.74, 6) is -0.719. The molecule has 0 fully saturated rings. The largest absolute Gasteiger partial charge is 0.354 e. The van der Waals surface area contributed by atoms with Crippen LogP contribution in [0.5, 0.6) is 0 Å². The van der Waals surface area contributed by atoms with Crippen LogP contribution in [0.3, 0.4) is 0 Å². The smallest absolute Gasteiger partial charge is 0.264 e. The third kappa shape index (κ3) is 8.90. The van der Waals surface area contributed by atoms with Gasteiger partial charge < -0.3 is 10.2 Å². The predicted octanol–water partition coefficient (Wildman–Crippen LogP) is 7.22. The molecule has 0 aromatic heterocycles. The molecule has 46 heavy (non-hydrogen) atoms. The summed E-state index contributed by atoms with van der Waals surface area (Å²) in [6.45, 7) is 7.66. The average molecular weight is 681 g/mol. The van der Waals surface area contributed by atoms with Crippen LogP contribution >= 0.6 is 23.2 Å². The van der Waals surface area contributed by atoms with Gasteiger partial charge in [0, 0.05) is 19.5 Å². The van der Waals surface area contributed by atoms with Gasteiger partial charge in [-0.1, -0.05) is 121 Å². The fourth-order valence-corrected chi connectivity index (χ4v) is 6.89. The first-order valence-electron chi connectivity index (χ1n) is 15.1. The number of hydrogen-bond donors (Lipinski definition) is 1. The molecule has 10 heteroatoms. The molecule has 1 unspecified atom stereocenters. The van der Waals surface area contributed by atoms with Crippen LogP contribution in [-0.2, 0) is 32.6 Å². The van der Waals surface area contributed by atoms with Gasteiger partial charge in [0.05, 0.1) is 20.6 Å². The van der Waals surface area contributed by atoms with Crippen molar-refractivity contribution in [3.8, 4) is 0 Å². The van der Waals surface area contributed by atoms with Crippen molar-refractivity contribution in [2.24, 2.45) is 5.92 Å². The van der Waals surface area contributed by atoms with Gasteiger partial charge in [0.1, 0.15) is 12.6 Å². The molecule has 0 aliphatic heterocycles. The van der Waals surface area contributed by atoms with Gasteiger partial charge >= 0.3 is 0 Å². The minimum Gasteiger partial charge on any atom is -0.354 e. The Labute approximate surface area is 282 Å². The number of hydrogen-bond acceptors (Lipinski definition) is 4. The van der Waals surface area contributed by atoms with E-state index in [9.17, 15) is 18.0 Å². The minimum absolute atomic E-state index is 0.00611. The molecule has 1 atom stereocenters. The monoisotopic (exact) mass is 679 g/mol. The van der Waals surface area contributed by atoms with E-state index in [1.807, 2.05) is 82.3 Å². The maximum atomic E-state index is 14.6. The molecule has 242 valence electrons. The van der Waals surface area contributed by atoms with Crippen molar-refractivity contribution >= 4 is 50.7 Å². The summed E-state index contributed by atoms with van der Waals surface area (Å²) < 4.78 is 29.4. The van der Waals surface area contributed by atoms with Crippen molar-refractivity contribution in [1.82, 2.24) is 10.2 Å². The van der Waals surface area contributed by atoms with E-state index in [1.165, 1.54) is 23.1 Å². The van der Waals surface area contributed by atoms with E-state index >= 15 is 0 Å². The first kappa shape index (κ1) is 35.0. The zero-order chi connectivity index (χ0) is 33.4. The molecule has 4 rings (SSSR count). The zero-order valence-corrected chi connectivity index (χ0v) is 28.7. The Kier molecular flexibility index (Phi) is 11.9. The van der Waals surface area contributed by atoms with Crippen molar-refractivity contribution in [1.29, 1.82) is 0 Å². The lowest BCUT2D eigenvalue weighted by molar-refractivity contribution is -0.140. The molecule has 4 aromatic carbocycles. The van der Waals surface area contributed by atoms with Crippen LogP contribution < -0.4 is 9.62 Å². The summed E-state index contributed by atoms with van der Waals surface area (Å²) in [6.07, 6.45) is 0.227. The first-order chi connectivity index (χ1) is 21.9. The highest BCUT2D eigenvalue weighted by Gasteiger charge is 2.35. The van der Waals surface area contributed by atoms with Crippen LogP contribution in [0.15, 0.2) is 102 Å². The number of halogens is 2. The summed E-state index contributed by atoms with van der Waals surface area (Å²) in [6, 6.07) is 27.1. The second-order valence-corrected chi connectivity index (χ2v) is 14.4. The molecule has 1 N–H and O–H groups in total. The Hall–Kier alpha value is -3.85. The highest BCUT2D eigenvalue weighted by Crippen LogP contribution is 2.35. The lowest BCUT2D eigenvalue weighted by Gasteiger charge is -2.34. The molecule has 0 spiro atoms. The molecule has 0 aliphatic carbocycles. The molecule has 0 saturated heterocycles. The molecule has 0 bridgehead atoms. The standard InChI is InChI=1S/C36H39Cl2N3O4S/c1-25(2)22-39-36(43)33(21-28-11-6-5-7-12-28)40(23-29-13-8-10-27(4)20-29)34(42)24-41(32-15-9-14-31(37)35(32)38)46(44,45)30-18-16-26(3)17-19-30/h5-20,25,33H,21-24H2,1-4H3,(H,39,43). The Balaban J connectivity index is 1.83. The Morgan fingerprint density at radius 1 is 0.804 bits per heavy atom. The number of nitrogens with one attached hydrogen (secondary N) is 1. The van der Waals surface area contributed by atoms with Gasteiger partial charge in [0.15, 0.2) is 0 Å². The quantitative estimate of drug-likeness (QED) is 0.162.